The first-order chi connectivity index (χ1) is 14.2. The van der Waals surface area contributed by atoms with Gasteiger partial charge in [-0.2, -0.15) is 0 Å². The molecule has 1 aliphatic carbocycles. The van der Waals surface area contributed by atoms with Crippen LogP contribution >= 0.6 is 0 Å². The third kappa shape index (κ3) is 6.51. The maximum Gasteiger partial charge on any atom is 0.0258 e. The molecule has 1 fully saturated rings. The van der Waals surface area contributed by atoms with Crippen molar-refractivity contribution >= 4 is 11.1 Å². The molecule has 0 unspecified atom stereocenters. The molecular formula is C29H39N. The number of hydrogen-bond donors (Lipinski definition) is 1. The monoisotopic (exact) mass is 401 g/mol. The summed E-state index contributed by atoms with van der Waals surface area (Å²) in [5.74, 6) is 0. The van der Waals surface area contributed by atoms with Gasteiger partial charge in [-0.05, 0) is 93.5 Å². The van der Waals surface area contributed by atoms with Crippen LogP contribution in [0, 0.1) is 6.92 Å². The Bertz CT molecular complexity index is 910. The smallest absolute Gasteiger partial charge is 0.0258 e. The van der Waals surface area contributed by atoms with Crippen molar-refractivity contribution in [2.75, 3.05) is 0 Å². The molecule has 0 amide bonds. The van der Waals surface area contributed by atoms with Gasteiger partial charge in [-0.15, -0.1) is 5.73 Å². The first-order valence-electron chi connectivity index (χ1n) is 11.2. The van der Waals surface area contributed by atoms with Crippen LogP contribution in [0.25, 0.3) is 11.1 Å². The minimum atomic E-state index is 0.584. The average Bonchev–Trinajstić information content (AvgIpc) is 2.67. The highest BCUT2D eigenvalue weighted by atomic mass is 14.9. The standard InChI is InChI=1S/C29H39N/c1-9-13-26(17-22(6)20(2)3)28-19-25(16-23(7)29(28)21(4)5)18-24(8)30-27-14-11-10-12-15-27/h9,16-17,19,27,30H,2,4,8,10-12,14-15,18H2,1,3,5-7H3/b22-17+. The SMILES string of the molecule is C=C(Cc1cc(C)c(C(=C)C)c(C(=C=CC)/C=C(\C)C(=C)C)c1)NC1CCCCC1. The van der Waals surface area contributed by atoms with E-state index in [2.05, 4.69) is 69.8 Å². The number of aryl methyl sites for hydroxylation is 1. The second kappa shape index (κ2) is 11.0. The van der Waals surface area contributed by atoms with Crippen LogP contribution in [0.5, 0.6) is 0 Å². The van der Waals surface area contributed by atoms with Crippen molar-refractivity contribution in [1.29, 1.82) is 0 Å². The van der Waals surface area contributed by atoms with Crippen LogP contribution in [0.3, 0.4) is 0 Å². The normalized spacial score (nSPS) is 14.6. The summed E-state index contributed by atoms with van der Waals surface area (Å²) in [5.41, 5.74) is 13.9. The molecule has 1 nitrogen and oxygen atoms in total. The Hall–Kier alpha value is -2.50. The molecule has 0 spiro atoms. The van der Waals surface area contributed by atoms with E-state index in [9.17, 15) is 0 Å². The molecule has 1 aromatic rings. The molecule has 0 heterocycles. The molecule has 1 saturated carbocycles. The summed E-state index contributed by atoms with van der Waals surface area (Å²) in [4.78, 5) is 0. The van der Waals surface area contributed by atoms with Crippen LogP contribution in [0.15, 0.2) is 66.6 Å². The fourth-order valence-corrected chi connectivity index (χ4v) is 4.27. The van der Waals surface area contributed by atoms with E-state index >= 15 is 0 Å². The lowest BCUT2D eigenvalue weighted by molar-refractivity contribution is 0.395. The molecule has 0 radical (unpaired) electrons. The first kappa shape index (κ1) is 23.8. The zero-order valence-electron chi connectivity index (χ0n) is 19.8. The molecule has 0 aromatic heterocycles. The van der Waals surface area contributed by atoms with Gasteiger partial charge in [-0.25, -0.2) is 0 Å². The number of rotatable bonds is 8. The van der Waals surface area contributed by atoms with E-state index in [0.29, 0.717) is 6.04 Å². The Morgan fingerprint density at radius 1 is 1.10 bits per heavy atom. The Morgan fingerprint density at radius 3 is 2.33 bits per heavy atom. The van der Waals surface area contributed by atoms with Gasteiger partial charge >= 0.3 is 0 Å². The molecule has 0 saturated heterocycles. The van der Waals surface area contributed by atoms with Crippen LogP contribution in [0.2, 0.25) is 0 Å². The van der Waals surface area contributed by atoms with Crippen molar-refractivity contribution in [3.63, 3.8) is 0 Å². The van der Waals surface area contributed by atoms with E-state index in [0.717, 1.165) is 28.8 Å². The van der Waals surface area contributed by atoms with Gasteiger partial charge in [0.15, 0.2) is 0 Å². The number of benzene rings is 1. The summed E-state index contributed by atoms with van der Waals surface area (Å²) in [6.07, 6.45) is 11.5. The van der Waals surface area contributed by atoms with Gasteiger partial charge in [-0.3, -0.25) is 0 Å². The molecule has 1 heteroatoms. The minimum absolute atomic E-state index is 0.584. The van der Waals surface area contributed by atoms with E-state index in [1.165, 1.54) is 59.9 Å². The molecule has 1 N–H and O–H groups in total. The summed E-state index contributed by atoms with van der Waals surface area (Å²) in [6, 6.07) is 5.16. The van der Waals surface area contributed by atoms with E-state index in [1.54, 1.807) is 0 Å². The summed E-state index contributed by atoms with van der Waals surface area (Å²) >= 11 is 0. The first-order valence-corrected chi connectivity index (χ1v) is 11.2. The third-order valence-corrected chi connectivity index (χ3v) is 5.88. The molecule has 160 valence electrons. The largest absolute Gasteiger partial charge is 0.386 e. The van der Waals surface area contributed by atoms with Crippen LogP contribution < -0.4 is 5.32 Å². The van der Waals surface area contributed by atoms with E-state index in [1.807, 2.05) is 19.9 Å². The molecule has 2 rings (SSSR count). The van der Waals surface area contributed by atoms with Crippen molar-refractivity contribution in [3.05, 3.63) is 88.8 Å². The Balaban J connectivity index is 2.43. The van der Waals surface area contributed by atoms with Gasteiger partial charge in [0.2, 0.25) is 0 Å². The number of hydrogen-bond acceptors (Lipinski definition) is 1. The lowest BCUT2D eigenvalue weighted by Crippen LogP contribution is -2.30. The van der Waals surface area contributed by atoms with Crippen molar-refractivity contribution in [2.24, 2.45) is 0 Å². The predicted molar refractivity (Wildman–Crippen MR) is 134 cm³/mol. The zero-order valence-corrected chi connectivity index (χ0v) is 19.8. The minimum Gasteiger partial charge on any atom is -0.386 e. The van der Waals surface area contributed by atoms with Crippen LogP contribution in [0.1, 0.15) is 82.1 Å². The van der Waals surface area contributed by atoms with E-state index < -0.39 is 0 Å². The van der Waals surface area contributed by atoms with Crippen molar-refractivity contribution in [3.8, 4) is 0 Å². The Labute approximate surface area is 184 Å². The van der Waals surface area contributed by atoms with Crippen LogP contribution in [-0.2, 0) is 6.42 Å². The highest BCUT2D eigenvalue weighted by Crippen LogP contribution is 2.31. The summed E-state index contributed by atoms with van der Waals surface area (Å²) < 4.78 is 0. The highest BCUT2D eigenvalue weighted by molar-refractivity contribution is 5.85. The van der Waals surface area contributed by atoms with Gasteiger partial charge < -0.3 is 5.32 Å². The van der Waals surface area contributed by atoms with Gasteiger partial charge in [0.1, 0.15) is 0 Å². The van der Waals surface area contributed by atoms with Gasteiger partial charge in [0.05, 0.1) is 0 Å². The molecule has 0 aliphatic heterocycles. The lowest BCUT2D eigenvalue weighted by atomic mass is 9.88. The van der Waals surface area contributed by atoms with Crippen molar-refractivity contribution < 1.29 is 0 Å². The second-order valence-corrected chi connectivity index (χ2v) is 8.83. The lowest BCUT2D eigenvalue weighted by Gasteiger charge is -2.25. The van der Waals surface area contributed by atoms with Crippen LogP contribution in [-0.4, -0.2) is 6.04 Å². The third-order valence-electron chi connectivity index (χ3n) is 5.88. The summed E-state index contributed by atoms with van der Waals surface area (Å²) in [6.45, 7) is 23.1. The molecule has 0 atom stereocenters. The average molecular weight is 402 g/mol. The molecule has 30 heavy (non-hydrogen) atoms. The summed E-state index contributed by atoms with van der Waals surface area (Å²) in [5, 5.41) is 3.68. The predicted octanol–water partition coefficient (Wildman–Crippen LogP) is 8.09. The molecular weight excluding hydrogens is 362 g/mol. The zero-order chi connectivity index (χ0) is 22.3. The second-order valence-electron chi connectivity index (χ2n) is 8.83. The van der Waals surface area contributed by atoms with Crippen molar-refractivity contribution in [2.45, 2.75) is 79.2 Å². The Morgan fingerprint density at radius 2 is 1.77 bits per heavy atom. The number of allylic oxidation sites excluding steroid dienone is 6. The van der Waals surface area contributed by atoms with Gasteiger partial charge in [-0.1, -0.05) is 56.2 Å². The fourth-order valence-electron chi connectivity index (χ4n) is 4.27. The van der Waals surface area contributed by atoms with Crippen molar-refractivity contribution in [1.82, 2.24) is 5.32 Å². The molecule has 1 aliphatic rings. The topological polar surface area (TPSA) is 12.0 Å². The molecule has 1 aromatic carbocycles. The Kier molecular flexibility index (Phi) is 8.75. The quantitative estimate of drug-likeness (QED) is 0.343. The van der Waals surface area contributed by atoms with Gasteiger partial charge in [0.25, 0.3) is 0 Å². The van der Waals surface area contributed by atoms with E-state index in [4.69, 9.17) is 0 Å². The maximum absolute atomic E-state index is 4.33. The van der Waals surface area contributed by atoms with Crippen LogP contribution in [0.4, 0.5) is 0 Å². The fraction of sp³-hybridized carbons (Fsp3) is 0.414. The van der Waals surface area contributed by atoms with Gasteiger partial charge in [0, 0.05) is 23.7 Å². The highest BCUT2D eigenvalue weighted by Gasteiger charge is 2.16. The summed E-state index contributed by atoms with van der Waals surface area (Å²) in [7, 11) is 0. The number of nitrogens with one attached hydrogen (secondary N) is 1. The maximum atomic E-state index is 4.33. The molecule has 0 bridgehead atoms. The van der Waals surface area contributed by atoms with E-state index in [-0.39, 0.29) is 0 Å².